The average Bonchev–Trinajstić information content (AvgIpc) is 2.69. The van der Waals surface area contributed by atoms with Crippen LogP contribution in [0.25, 0.3) is 0 Å². The molecule has 0 aliphatic rings. The Balaban J connectivity index is 2.60. The van der Waals surface area contributed by atoms with E-state index in [4.69, 9.17) is 0 Å². The van der Waals surface area contributed by atoms with Crippen LogP contribution < -0.4 is 5.32 Å². The molecule has 1 aromatic rings. The van der Waals surface area contributed by atoms with Crippen molar-refractivity contribution >= 4 is 11.7 Å². The molecule has 0 aliphatic carbocycles. The molecular weight excluding hydrogens is 194 g/mol. The quantitative estimate of drug-likeness (QED) is 0.735. The normalized spacial score (nSPS) is 12.7. The van der Waals surface area contributed by atoms with Crippen LogP contribution in [0.15, 0.2) is 18.3 Å². The zero-order valence-corrected chi connectivity index (χ0v) is 9.60. The molecule has 0 saturated heterocycles. The lowest BCUT2D eigenvalue weighted by atomic mass is 10.0. The van der Waals surface area contributed by atoms with E-state index in [1.54, 1.807) is 0 Å². The minimum Gasteiger partial charge on any atom is -0.309 e. The van der Waals surface area contributed by atoms with E-state index < -0.39 is 0 Å². The monoisotopic (exact) mass is 211 g/mol. The Kier molecular flexibility index (Phi) is 4.76. The molecule has 78 valence electrons. The van der Waals surface area contributed by atoms with Crippen LogP contribution in [0.4, 0.5) is 0 Å². The van der Waals surface area contributed by atoms with Crippen molar-refractivity contribution in [3.63, 3.8) is 0 Å². The largest absolute Gasteiger partial charge is 0.309 e. The highest BCUT2D eigenvalue weighted by Crippen LogP contribution is 2.20. The predicted octanol–water partition coefficient (Wildman–Crippen LogP) is 2.55. The summed E-state index contributed by atoms with van der Waals surface area (Å²) in [7, 11) is 0. The molecule has 0 aromatic carbocycles. The second-order valence-corrected chi connectivity index (χ2v) is 3.81. The van der Waals surface area contributed by atoms with Crippen molar-refractivity contribution in [1.29, 1.82) is 0 Å². The van der Waals surface area contributed by atoms with E-state index in [9.17, 15) is 0 Å². The Morgan fingerprint density at radius 1 is 1.64 bits per heavy atom. The lowest BCUT2D eigenvalue weighted by Crippen LogP contribution is -2.21. The van der Waals surface area contributed by atoms with Gasteiger partial charge in [0.15, 0.2) is 0 Å². The van der Waals surface area contributed by atoms with Gasteiger partial charge in [-0.15, -0.1) is 0 Å². The van der Waals surface area contributed by atoms with Crippen LogP contribution in [0.2, 0.25) is 0 Å². The van der Waals surface area contributed by atoms with E-state index in [-0.39, 0.29) is 6.04 Å². The maximum absolute atomic E-state index is 4.25. The van der Waals surface area contributed by atoms with Crippen LogP contribution >= 0.6 is 11.7 Å². The Morgan fingerprint density at radius 2 is 2.43 bits per heavy atom. The Bertz CT molecular complexity index is 269. The van der Waals surface area contributed by atoms with E-state index >= 15 is 0 Å². The molecule has 4 heteroatoms. The second kappa shape index (κ2) is 5.88. The van der Waals surface area contributed by atoms with Gasteiger partial charge < -0.3 is 5.32 Å². The van der Waals surface area contributed by atoms with Gasteiger partial charge in [-0.2, -0.15) is 8.75 Å². The molecule has 0 amide bonds. The minimum absolute atomic E-state index is 0.284. The number of nitrogens with one attached hydrogen (secondary N) is 1. The van der Waals surface area contributed by atoms with E-state index in [2.05, 4.69) is 34.5 Å². The van der Waals surface area contributed by atoms with Crippen molar-refractivity contribution in [3.05, 3.63) is 24.0 Å². The Hall–Kier alpha value is -0.740. The molecule has 0 radical (unpaired) electrons. The van der Waals surface area contributed by atoms with Gasteiger partial charge in [-0.05, 0) is 19.4 Å². The highest BCUT2D eigenvalue weighted by atomic mass is 32.1. The standard InChI is InChI=1S/C10H17N3S/c1-4-8(3)6-9(11-5-2)10-7-12-14-13-10/h7,9,11H,3-6H2,1-2H3. The van der Waals surface area contributed by atoms with Crippen molar-refractivity contribution < 1.29 is 0 Å². The van der Waals surface area contributed by atoms with Crippen molar-refractivity contribution in [1.82, 2.24) is 14.1 Å². The summed E-state index contributed by atoms with van der Waals surface area (Å²) in [6.07, 6.45) is 3.82. The summed E-state index contributed by atoms with van der Waals surface area (Å²) in [6, 6.07) is 0.284. The average molecular weight is 211 g/mol. The van der Waals surface area contributed by atoms with Gasteiger partial charge in [0, 0.05) is 0 Å². The summed E-state index contributed by atoms with van der Waals surface area (Å²) in [5, 5.41) is 3.39. The smallest absolute Gasteiger partial charge is 0.0915 e. The molecule has 0 aliphatic heterocycles. The van der Waals surface area contributed by atoms with E-state index in [0.29, 0.717) is 0 Å². The zero-order valence-electron chi connectivity index (χ0n) is 8.79. The fraction of sp³-hybridized carbons (Fsp3) is 0.600. The summed E-state index contributed by atoms with van der Waals surface area (Å²) in [4.78, 5) is 0. The molecule has 0 spiro atoms. The Labute approximate surface area is 89.6 Å². The minimum atomic E-state index is 0.284. The number of hydrogen-bond acceptors (Lipinski definition) is 4. The third-order valence-electron chi connectivity index (χ3n) is 2.18. The van der Waals surface area contributed by atoms with E-state index in [1.165, 1.54) is 17.3 Å². The van der Waals surface area contributed by atoms with Crippen LogP contribution in [-0.4, -0.2) is 15.3 Å². The number of aromatic nitrogens is 2. The second-order valence-electron chi connectivity index (χ2n) is 3.25. The molecule has 1 unspecified atom stereocenters. The molecular formula is C10H17N3S. The lowest BCUT2D eigenvalue weighted by Gasteiger charge is -2.15. The molecule has 1 atom stereocenters. The number of hydrogen-bond donors (Lipinski definition) is 1. The van der Waals surface area contributed by atoms with Crippen molar-refractivity contribution in [2.24, 2.45) is 0 Å². The molecule has 3 nitrogen and oxygen atoms in total. The molecule has 0 saturated carbocycles. The topological polar surface area (TPSA) is 37.8 Å². The first-order valence-corrected chi connectivity index (χ1v) is 5.68. The third kappa shape index (κ3) is 3.20. The van der Waals surface area contributed by atoms with Gasteiger partial charge in [0.25, 0.3) is 0 Å². The summed E-state index contributed by atoms with van der Waals surface area (Å²) < 4.78 is 8.27. The molecule has 0 bridgehead atoms. The van der Waals surface area contributed by atoms with Gasteiger partial charge in [-0.1, -0.05) is 26.0 Å². The number of rotatable bonds is 6. The van der Waals surface area contributed by atoms with Crippen LogP contribution in [0.3, 0.4) is 0 Å². The maximum Gasteiger partial charge on any atom is 0.0915 e. The van der Waals surface area contributed by atoms with Crippen LogP contribution in [-0.2, 0) is 0 Å². The highest BCUT2D eigenvalue weighted by molar-refractivity contribution is 6.99. The van der Waals surface area contributed by atoms with Gasteiger partial charge >= 0.3 is 0 Å². The van der Waals surface area contributed by atoms with Crippen molar-refractivity contribution in [2.45, 2.75) is 32.7 Å². The summed E-state index contributed by atoms with van der Waals surface area (Å²) >= 11 is 1.26. The molecule has 1 rings (SSSR count). The summed E-state index contributed by atoms with van der Waals surface area (Å²) in [6.45, 7) is 9.19. The first-order valence-electron chi connectivity index (χ1n) is 4.95. The number of nitrogens with zero attached hydrogens (tertiary/aromatic N) is 2. The van der Waals surface area contributed by atoms with E-state index in [0.717, 1.165) is 25.1 Å². The first kappa shape index (κ1) is 11.3. The van der Waals surface area contributed by atoms with Crippen molar-refractivity contribution in [3.8, 4) is 0 Å². The predicted molar refractivity (Wildman–Crippen MR) is 60.4 cm³/mol. The third-order valence-corrected chi connectivity index (χ3v) is 2.67. The summed E-state index contributed by atoms with van der Waals surface area (Å²) in [5.74, 6) is 0. The van der Waals surface area contributed by atoms with Crippen LogP contribution in [0, 0.1) is 0 Å². The van der Waals surface area contributed by atoms with Crippen molar-refractivity contribution in [2.75, 3.05) is 6.54 Å². The van der Waals surface area contributed by atoms with Gasteiger partial charge in [0.1, 0.15) is 0 Å². The lowest BCUT2D eigenvalue weighted by molar-refractivity contribution is 0.534. The van der Waals surface area contributed by atoms with Crippen LogP contribution in [0.1, 0.15) is 38.4 Å². The zero-order chi connectivity index (χ0) is 10.4. The molecule has 0 fully saturated rings. The molecule has 14 heavy (non-hydrogen) atoms. The SMILES string of the molecule is C=C(CC)CC(NCC)c1cnsn1. The van der Waals surface area contributed by atoms with Gasteiger partial charge in [-0.3, -0.25) is 0 Å². The van der Waals surface area contributed by atoms with Gasteiger partial charge in [0.05, 0.1) is 29.7 Å². The molecule has 1 aromatic heterocycles. The molecule has 1 N–H and O–H groups in total. The molecule has 1 heterocycles. The summed E-state index contributed by atoms with van der Waals surface area (Å²) in [5.41, 5.74) is 2.29. The Morgan fingerprint density at radius 3 is 2.93 bits per heavy atom. The maximum atomic E-state index is 4.25. The fourth-order valence-corrected chi connectivity index (χ4v) is 1.76. The fourth-order valence-electron chi connectivity index (χ4n) is 1.29. The first-order chi connectivity index (χ1) is 6.77. The van der Waals surface area contributed by atoms with Gasteiger partial charge in [0.2, 0.25) is 0 Å². The highest BCUT2D eigenvalue weighted by Gasteiger charge is 2.13. The van der Waals surface area contributed by atoms with E-state index in [1.807, 2.05) is 6.20 Å². The van der Waals surface area contributed by atoms with Gasteiger partial charge in [-0.25, -0.2) is 0 Å². The van der Waals surface area contributed by atoms with Crippen LogP contribution in [0.5, 0.6) is 0 Å².